The number of piperidine rings is 1. The Kier molecular flexibility index (Phi) is 4.46. The smallest absolute Gasteiger partial charge is 0.0543 e. The van der Waals surface area contributed by atoms with Gasteiger partial charge >= 0.3 is 0 Å². The van der Waals surface area contributed by atoms with Crippen molar-refractivity contribution >= 4 is 11.9 Å². The van der Waals surface area contributed by atoms with Gasteiger partial charge in [0.1, 0.15) is 0 Å². The van der Waals surface area contributed by atoms with Crippen LogP contribution in [0.5, 0.6) is 0 Å². The molecule has 19 heavy (non-hydrogen) atoms. The lowest BCUT2D eigenvalue weighted by Crippen LogP contribution is -2.39. The van der Waals surface area contributed by atoms with Crippen LogP contribution in [0.3, 0.4) is 0 Å². The van der Waals surface area contributed by atoms with Gasteiger partial charge in [-0.05, 0) is 50.8 Å². The van der Waals surface area contributed by atoms with E-state index in [1.807, 2.05) is 6.21 Å². The monoisotopic (exact) mass is 259 g/mol. The fourth-order valence-corrected chi connectivity index (χ4v) is 2.63. The molecule has 0 saturated carbocycles. The molecule has 1 aromatic rings. The third-order valence-corrected chi connectivity index (χ3v) is 3.90. The van der Waals surface area contributed by atoms with E-state index in [1.165, 1.54) is 24.9 Å². The summed E-state index contributed by atoms with van der Waals surface area (Å²) in [7, 11) is 4.11. The molecular weight excluding hydrogens is 234 g/mol. The summed E-state index contributed by atoms with van der Waals surface area (Å²) in [5.74, 6) is 0. The molecule has 0 aromatic heterocycles. The molecule has 3 heteroatoms. The molecular formula is C16H25N3. The first-order valence-corrected chi connectivity index (χ1v) is 7.17. The topological polar surface area (TPSA) is 18.8 Å². The summed E-state index contributed by atoms with van der Waals surface area (Å²) in [5, 5.41) is 6.94. The predicted molar refractivity (Wildman–Crippen MR) is 83.0 cm³/mol. The number of benzene rings is 1. The molecule has 3 nitrogen and oxygen atoms in total. The minimum Gasteiger partial charge on any atom is -0.378 e. The first-order valence-electron chi connectivity index (χ1n) is 7.17. The van der Waals surface area contributed by atoms with Crippen LogP contribution in [0.25, 0.3) is 0 Å². The van der Waals surface area contributed by atoms with Crippen LogP contribution in [-0.4, -0.2) is 37.4 Å². The Hall–Kier alpha value is -1.51. The van der Waals surface area contributed by atoms with Gasteiger partial charge in [0.05, 0.1) is 6.21 Å². The molecule has 0 unspecified atom stereocenters. The number of hydrogen-bond donors (Lipinski definition) is 0. The Morgan fingerprint density at radius 3 is 2.21 bits per heavy atom. The molecule has 1 aliphatic rings. The summed E-state index contributed by atoms with van der Waals surface area (Å²) in [6.07, 6.45) is 5.81. The molecule has 1 fully saturated rings. The zero-order chi connectivity index (χ0) is 13.8. The number of rotatable bonds is 3. The molecule has 1 aliphatic heterocycles. The first-order chi connectivity index (χ1) is 9.08. The first kappa shape index (κ1) is 13.9. The maximum absolute atomic E-state index is 4.68. The molecule has 0 radical (unpaired) electrons. The highest BCUT2D eigenvalue weighted by Gasteiger charge is 2.22. The Morgan fingerprint density at radius 2 is 1.68 bits per heavy atom. The van der Waals surface area contributed by atoms with Gasteiger partial charge in [-0.25, -0.2) is 0 Å². The highest BCUT2D eigenvalue weighted by atomic mass is 15.5. The number of hydrogen-bond acceptors (Lipinski definition) is 3. The van der Waals surface area contributed by atoms with Crippen molar-refractivity contribution in [3.05, 3.63) is 29.8 Å². The minimum atomic E-state index is 0.557. The van der Waals surface area contributed by atoms with Gasteiger partial charge in [-0.2, -0.15) is 5.10 Å². The highest BCUT2D eigenvalue weighted by molar-refractivity contribution is 5.80. The standard InChI is InChI=1S/C16H25N3/c1-13-6-5-7-14(2)19(13)17-12-15-8-10-16(11-9-15)18(3)4/h8-14H,5-7H2,1-4H3/b17-12-/t13-,14-/m1/s1. The van der Waals surface area contributed by atoms with E-state index < -0.39 is 0 Å². The molecule has 0 bridgehead atoms. The van der Waals surface area contributed by atoms with Crippen LogP contribution in [0.2, 0.25) is 0 Å². The van der Waals surface area contributed by atoms with Crippen molar-refractivity contribution in [2.24, 2.45) is 5.10 Å². The van der Waals surface area contributed by atoms with Crippen LogP contribution >= 0.6 is 0 Å². The van der Waals surface area contributed by atoms with Crippen LogP contribution in [0, 0.1) is 0 Å². The lowest BCUT2D eigenvalue weighted by Gasteiger charge is -2.36. The normalized spacial score (nSPS) is 23.9. The SMILES string of the molecule is C[C@@H]1CCC[C@@H](C)N1/N=C\c1ccc(N(C)C)cc1. The summed E-state index contributed by atoms with van der Waals surface area (Å²) >= 11 is 0. The fraction of sp³-hybridized carbons (Fsp3) is 0.562. The molecule has 0 N–H and O–H groups in total. The van der Waals surface area contributed by atoms with Gasteiger partial charge in [0.25, 0.3) is 0 Å². The van der Waals surface area contributed by atoms with Crippen molar-refractivity contribution in [1.29, 1.82) is 0 Å². The largest absolute Gasteiger partial charge is 0.378 e. The van der Waals surface area contributed by atoms with Crippen LogP contribution in [0.15, 0.2) is 29.4 Å². The van der Waals surface area contributed by atoms with Crippen LogP contribution in [0.1, 0.15) is 38.7 Å². The minimum absolute atomic E-state index is 0.557. The lowest BCUT2D eigenvalue weighted by atomic mass is 10.00. The second-order valence-electron chi connectivity index (χ2n) is 5.74. The van der Waals surface area contributed by atoms with Gasteiger partial charge in [-0.3, -0.25) is 5.01 Å². The molecule has 0 amide bonds. The van der Waals surface area contributed by atoms with Crippen molar-refractivity contribution in [3.8, 4) is 0 Å². The zero-order valence-corrected chi connectivity index (χ0v) is 12.5. The molecule has 1 heterocycles. The molecule has 0 spiro atoms. The van der Waals surface area contributed by atoms with Gasteiger partial charge in [-0.15, -0.1) is 0 Å². The molecule has 1 aromatic carbocycles. The Balaban J connectivity index is 2.05. The predicted octanol–water partition coefficient (Wildman–Crippen LogP) is 3.35. The highest BCUT2D eigenvalue weighted by Crippen LogP contribution is 2.22. The zero-order valence-electron chi connectivity index (χ0n) is 12.5. The van der Waals surface area contributed by atoms with E-state index in [1.54, 1.807) is 0 Å². The lowest BCUT2D eigenvalue weighted by molar-refractivity contribution is 0.109. The van der Waals surface area contributed by atoms with E-state index in [2.05, 4.69) is 67.2 Å². The van der Waals surface area contributed by atoms with Crippen LogP contribution in [-0.2, 0) is 0 Å². The van der Waals surface area contributed by atoms with E-state index >= 15 is 0 Å². The Labute approximate surface area is 116 Å². The summed E-state index contributed by atoms with van der Waals surface area (Å²) in [4.78, 5) is 2.11. The molecule has 0 aliphatic carbocycles. The van der Waals surface area contributed by atoms with Crippen molar-refractivity contribution < 1.29 is 0 Å². The van der Waals surface area contributed by atoms with Gasteiger partial charge in [-0.1, -0.05) is 12.1 Å². The summed E-state index contributed by atoms with van der Waals surface area (Å²) in [6.45, 7) is 4.53. The van der Waals surface area contributed by atoms with Gasteiger partial charge in [0, 0.05) is 31.9 Å². The molecule has 1 saturated heterocycles. The second kappa shape index (κ2) is 6.09. The summed E-state index contributed by atoms with van der Waals surface area (Å²) < 4.78 is 0. The quantitative estimate of drug-likeness (QED) is 0.775. The van der Waals surface area contributed by atoms with Gasteiger partial charge in [0.2, 0.25) is 0 Å². The van der Waals surface area contributed by atoms with Gasteiger partial charge < -0.3 is 4.90 Å². The summed E-state index contributed by atoms with van der Waals surface area (Å²) in [6, 6.07) is 9.62. The fourth-order valence-electron chi connectivity index (χ4n) is 2.63. The third-order valence-electron chi connectivity index (χ3n) is 3.90. The average molecular weight is 259 g/mol. The van der Waals surface area contributed by atoms with E-state index in [0.717, 1.165) is 5.56 Å². The van der Waals surface area contributed by atoms with Crippen molar-refractivity contribution in [2.45, 2.75) is 45.2 Å². The van der Waals surface area contributed by atoms with Crippen LogP contribution in [0.4, 0.5) is 5.69 Å². The van der Waals surface area contributed by atoms with Crippen molar-refractivity contribution in [1.82, 2.24) is 5.01 Å². The maximum atomic E-state index is 4.68. The summed E-state index contributed by atoms with van der Waals surface area (Å²) in [5.41, 5.74) is 2.38. The third kappa shape index (κ3) is 3.49. The van der Waals surface area contributed by atoms with Crippen LogP contribution < -0.4 is 4.90 Å². The number of nitrogens with zero attached hydrogens (tertiary/aromatic N) is 3. The van der Waals surface area contributed by atoms with E-state index in [0.29, 0.717) is 12.1 Å². The van der Waals surface area contributed by atoms with Gasteiger partial charge in [0.15, 0.2) is 0 Å². The number of hydrazone groups is 1. The molecule has 2 rings (SSSR count). The maximum Gasteiger partial charge on any atom is 0.0543 e. The average Bonchev–Trinajstić information content (AvgIpc) is 2.38. The Bertz CT molecular complexity index is 412. The number of anilines is 1. The van der Waals surface area contributed by atoms with E-state index in [4.69, 9.17) is 0 Å². The van der Waals surface area contributed by atoms with Crippen molar-refractivity contribution in [2.75, 3.05) is 19.0 Å². The molecule has 2 atom stereocenters. The van der Waals surface area contributed by atoms with E-state index in [-0.39, 0.29) is 0 Å². The second-order valence-corrected chi connectivity index (χ2v) is 5.74. The van der Waals surface area contributed by atoms with Crippen molar-refractivity contribution in [3.63, 3.8) is 0 Å². The molecule has 104 valence electrons. The van der Waals surface area contributed by atoms with E-state index in [9.17, 15) is 0 Å². The Morgan fingerprint density at radius 1 is 1.11 bits per heavy atom.